The fourth-order valence-electron chi connectivity index (χ4n) is 2.10. The summed E-state index contributed by atoms with van der Waals surface area (Å²) in [5, 5.41) is 16.3. The van der Waals surface area contributed by atoms with Crippen LogP contribution in [0.2, 0.25) is 0 Å². The van der Waals surface area contributed by atoms with Crippen LogP contribution in [0.1, 0.15) is 16.7 Å². The van der Waals surface area contributed by atoms with E-state index in [1.54, 1.807) is 12.1 Å². The summed E-state index contributed by atoms with van der Waals surface area (Å²) in [6.45, 7) is 4.89. The predicted octanol–water partition coefficient (Wildman–Crippen LogP) is 3.54. The van der Waals surface area contributed by atoms with Crippen LogP contribution in [0.25, 0.3) is 0 Å². The molecule has 0 bridgehead atoms. The number of phenolic OH excluding ortho intramolecular Hbond substituents is 1. The molecule has 2 rings (SSSR count). The van der Waals surface area contributed by atoms with Gasteiger partial charge in [0.05, 0.1) is 0 Å². The third-order valence-electron chi connectivity index (χ3n) is 3.27. The molecule has 0 fully saturated rings. The largest absolute Gasteiger partial charge is 0.508 e. The lowest BCUT2D eigenvalue weighted by Gasteiger charge is -2.13. The van der Waals surface area contributed by atoms with Crippen LogP contribution in [-0.4, -0.2) is 16.8 Å². The van der Waals surface area contributed by atoms with Crippen LogP contribution < -0.4 is 10.6 Å². The highest BCUT2D eigenvalue weighted by atomic mass is 32.1. The van der Waals surface area contributed by atoms with Gasteiger partial charge in [-0.15, -0.1) is 0 Å². The molecule has 3 N–H and O–H groups in total. The number of rotatable bonds is 4. The van der Waals surface area contributed by atoms with E-state index in [2.05, 4.69) is 36.6 Å². The van der Waals surface area contributed by atoms with Crippen LogP contribution in [0.4, 0.5) is 5.69 Å². The third kappa shape index (κ3) is 4.76. The van der Waals surface area contributed by atoms with Crippen molar-refractivity contribution in [1.82, 2.24) is 5.32 Å². The molecule has 0 aliphatic carbocycles. The maximum absolute atomic E-state index is 9.23. The van der Waals surface area contributed by atoms with Crippen molar-refractivity contribution in [3.8, 4) is 5.75 Å². The van der Waals surface area contributed by atoms with Crippen molar-refractivity contribution >= 4 is 23.0 Å². The minimum absolute atomic E-state index is 0.291. The molecule has 0 aliphatic rings. The van der Waals surface area contributed by atoms with Gasteiger partial charge in [0.1, 0.15) is 5.75 Å². The summed E-state index contributed by atoms with van der Waals surface area (Å²) in [5.74, 6) is 0.291. The number of phenols is 1. The molecule has 0 atom stereocenters. The topological polar surface area (TPSA) is 44.3 Å². The molecule has 0 amide bonds. The second-order valence-corrected chi connectivity index (χ2v) is 5.52. The first-order chi connectivity index (χ1) is 10.0. The Labute approximate surface area is 131 Å². The number of thiocarbonyl (C=S) groups is 1. The summed E-state index contributed by atoms with van der Waals surface area (Å²) in [6.07, 6.45) is 0.856. The molecular weight excluding hydrogens is 280 g/mol. The molecule has 0 spiro atoms. The number of aromatic hydroxyl groups is 1. The Morgan fingerprint density at radius 2 is 1.81 bits per heavy atom. The van der Waals surface area contributed by atoms with Crippen molar-refractivity contribution in [2.75, 3.05) is 11.9 Å². The normalized spacial score (nSPS) is 10.2. The highest BCUT2D eigenvalue weighted by Crippen LogP contribution is 2.15. The van der Waals surface area contributed by atoms with Gasteiger partial charge in [-0.3, -0.25) is 0 Å². The molecule has 110 valence electrons. The van der Waals surface area contributed by atoms with Gasteiger partial charge < -0.3 is 15.7 Å². The van der Waals surface area contributed by atoms with Crippen molar-refractivity contribution in [2.24, 2.45) is 0 Å². The monoisotopic (exact) mass is 300 g/mol. The van der Waals surface area contributed by atoms with E-state index in [1.165, 1.54) is 11.1 Å². The van der Waals surface area contributed by atoms with Crippen molar-refractivity contribution in [1.29, 1.82) is 0 Å². The Morgan fingerprint density at radius 1 is 1.10 bits per heavy atom. The van der Waals surface area contributed by atoms with E-state index < -0.39 is 0 Å². The standard InChI is InChI=1S/C17H20N2OS/c1-12-3-8-16(13(2)11-12)19-17(21)18-10-9-14-4-6-15(20)7-5-14/h3-8,11,20H,9-10H2,1-2H3,(H2,18,19,21). The van der Waals surface area contributed by atoms with Crippen molar-refractivity contribution in [3.63, 3.8) is 0 Å². The van der Waals surface area contributed by atoms with E-state index in [0.29, 0.717) is 10.9 Å². The minimum atomic E-state index is 0.291. The van der Waals surface area contributed by atoms with Gasteiger partial charge in [-0.25, -0.2) is 0 Å². The molecule has 3 nitrogen and oxygen atoms in total. The Bertz CT molecular complexity index is 623. The van der Waals surface area contributed by atoms with Gasteiger partial charge >= 0.3 is 0 Å². The summed E-state index contributed by atoms with van der Waals surface area (Å²) >= 11 is 5.30. The predicted molar refractivity (Wildman–Crippen MR) is 92.0 cm³/mol. The zero-order valence-electron chi connectivity index (χ0n) is 12.3. The van der Waals surface area contributed by atoms with E-state index in [-0.39, 0.29) is 0 Å². The Morgan fingerprint density at radius 3 is 2.48 bits per heavy atom. The van der Waals surface area contributed by atoms with Gasteiger partial charge in [-0.2, -0.15) is 0 Å². The maximum atomic E-state index is 9.23. The fourth-order valence-corrected chi connectivity index (χ4v) is 2.32. The molecular formula is C17H20N2OS. The highest BCUT2D eigenvalue weighted by Gasteiger charge is 2.01. The summed E-state index contributed by atoms with van der Waals surface area (Å²) < 4.78 is 0. The summed E-state index contributed by atoms with van der Waals surface area (Å²) in [6, 6.07) is 13.5. The van der Waals surface area contributed by atoms with Gasteiger partial charge in [0.2, 0.25) is 0 Å². The Hall–Kier alpha value is -2.07. The molecule has 0 unspecified atom stereocenters. The van der Waals surface area contributed by atoms with Gasteiger partial charge in [0.15, 0.2) is 5.11 Å². The lowest BCUT2D eigenvalue weighted by atomic mass is 10.1. The lowest BCUT2D eigenvalue weighted by molar-refractivity contribution is 0.475. The number of anilines is 1. The summed E-state index contributed by atoms with van der Waals surface area (Å²) in [4.78, 5) is 0. The van der Waals surface area contributed by atoms with Crippen molar-refractivity contribution in [2.45, 2.75) is 20.3 Å². The number of nitrogens with one attached hydrogen (secondary N) is 2. The number of hydrogen-bond donors (Lipinski definition) is 3. The third-order valence-corrected chi connectivity index (χ3v) is 3.51. The van der Waals surface area contributed by atoms with E-state index in [1.807, 2.05) is 18.2 Å². The van der Waals surface area contributed by atoms with Gasteiger partial charge in [-0.1, -0.05) is 29.8 Å². The summed E-state index contributed by atoms with van der Waals surface area (Å²) in [5.41, 5.74) is 4.61. The number of hydrogen-bond acceptors (Lipinski definition) is 2. The van der Waals surface area contributed by atoms with Crippen LogP contribution >= 0.6 is 12.2 Å². The molecule has 0 saturated heterocycles. The summed E-state index contributed by atoms with van der Waals surface area (Å²) in [7, 11) is 0. The molecule has 0 aromatic heterocycles. The number of benzene rings is 2. The average molecular weight is 300 g/mol. The first-order valence-electron chi connectivity index (χ1n) is 6.94. The second kappa shape index (κ2) is 7.09. The van der Waals surface area contributed by atoms with Gasteiger partial charge in [-0.05, 0) is 61.8 Å². The quantitative estimate of drug-likeness (QED) is 0.756. The molecule has 0 heterocycles. The molecule has 4 heteroatoms. The molecule has 0 radical (unpaired) electrons. The molecule has 0 saturated carbocycles. The lowest BCUT2D eigenvalue weighted by Crippen LogP contribution is -2.30. The van der Waals surface area contributed by atoms with Gasteiger partial charge in [0.25, 0.3) is 0 Å². The Balaban J connectivity index is 1.81. The van der Waals surface area contributed by atoms with E-state index in [4.69, 9.17) is 12.2 Å². The van der Waals surface area contributed by atoms with E-state index in [0.717, 1.165) is 24.2 Å². The fraction of sp³-hybridized carbons (Fsp3) is 0.235. The molecule has 21 heavy (non-hydrogen) atoms. The van der Waals surface area contributed by atoms with E-state index in [9.17, 15) is 5.11 Å². The van der Waals surface area contributed by atoms with Crippen LogP contribution in [0.5, 0.6) is 5.75 Å². The SMILES string of the molecule is Cc1ccc(NC(=S)NCCc2ccc(O)cc2)c(C)c1. The smallest absolute Gasteiger partial charge is 0.170 e. The molecule has 2 aromatic rings. The zero-order valence-corrected chi connectivity index (χ0v) is 13.1. The van der Waals surface area contributed by atoms with Crippen molar-refractivity contribution < 1.29 is 5.11 Å². The number of aryl methyl sites for hydroxylation is 2. The maximum Gasteiger partial charge on any atom is 0.170 e. The van der Waals surface area contributed by atoms with Gasteiger partial charge in [0, 0.05) is 12.2 Å². The molecule has 2 aromatic carbocycles. The van der Waals surface area contributed by atoms with E-state index >= 15 is 0 Å². The average Bonchev–Trinajstić information content (AvgIpc) is 2.44. The van der Waals surface area contributed by atoms with Crippen LogP contribution in [-0.2, 0) is 6.42 Å². The van der Waals surface area contributed by atoms with Crippen LogP contribution in [0.15, 0.2) is 42.5 Å². The van der Waals surface area contributed by atoms with Crippen molar-refractivity contribution in [3.05, 3.63) is 59.2 Å². The first kappa shape index (κ1) is 15.3. The second-order valence-electron chi connectivity index (χ2n) is 5.12. The van der Waals surface area contributed by atoms with Crippen LogP contribution in [0.3, 0.4) is 0 Å². The zero-order chi connectivity index (χ0) is 15.2. The first-order valence-corrected chi connectivity index (χ1v) is 7.35. The van der Waals surface area contributed by atoms with Crippen LogP contribution in [0, 0.1) is 13.8 Å². The molecule has 0 aliphatic heterocycles. The minimum Gasteiger partial charge on any atom is -0.508 e. The highest BCUT2D eigenvalue weighted by molar-refractivity contribution is 7.80. The Kier molecular flexibility index (Phi) is 5.17.